The lowest BCUT2D eigenvalue weighted by Gasteiger charge is -2.26. The molecule has 1 saturated heterocycles. The van der Waals surface area contributed by atoms with E-state index in [9.17, 15) is 9.70 Å². The van der Waals surface area contributed by atoms with E-state index in [2.05, 4.69) is 10.1 Å². The molecule has 0 aliphatic carbocycles. The van der Waals surface area contributed by atoms with Crippen molar-refractivity contribution in [2.75, 3.05) is 33.8 Å². The quantitative estimate of drug-likeness (QED) is 0.521. The van der Waals surface area contributed by atoms with Crippen LogP contribution in [0.3, 0.4) is 0 Å². The molecule has 0 radical (unpaired) electrons. The molecule has 9 nitrogen and oxygen atoms in total. The molecule has 2 aromatic rings. The molecule has 0 N–H and O–H groups in total. The monoisotopic (exact) mass is 457 g/mol. The molecule has 1 amide bonds. The molecule has 0 spiro atoms. The van der Waals surface area contributed by atoms with E-state index in [1.807, 2.05) is 50.8 Å². The van der Waals surface area contributed by atoms with E-state index in [4.69, 9.17) is 14.6 Å². The summed E-state index contributed by atoms with van der Waals surface area (Å²) in [4.78, 5) is 26.8. The maximum Gasteiger partial charge on any atom is 0.410 e. The Morgan fingerprint density at radius 2 is 1.94 bits per heavy atom. The Labute approximate surface area is 195 Å². The molecule has 1 aliphatic heterocycles. The van der Waals surface area contributed by atoms with Crippen LogP contribution in [-0.2, 0) is 16.0 Å². The molecule has 1 atom stereocenters. The molecule has 33 heavy (non-hydrogen) atoms. The molecule has 1 fully saturated rings. The van der Waals surface area contributed by atoms with Crippen molar-refractivity contribution in [3.05, 3.63) is 40.9 Å². The van der Waals surface area contributed by atoms with Crippen molar-refractivity contribution in [3.63, 3.8) is 0 Å². The maximum absolute atomic E-state index is 12.2. The molecule has 3 rings (SSSR count). The van der Waals surface area contributed by atoms with E-state index in [0.29, 0.717) is 25.3 Å². The van der Waals surface area contributed by atoms with E-state index in [1.54, 1.807) is 24.1 Å². The summed E-state index contributed by atoms with van der Waals surface area (Å²) < 4.78 is 13.3. The summed E-state index contributed by atoms with van der Waals surface area (Å²) in [5.41, 5.74) is 2.70. The average Bonchev–Trinajstić information content (AvgIpc) is 3.20. The minimum atomic E-state index is -0.517. The Morgan fingerprint density at radius 3 is 2.55 bits per heavy atom. The zero-order chi connectivity index (χ0) is 24.0. The number of nitroso groups, excluding NO2 is 1. The molecule has 180 valence electrons. The fourth-order valence-electron chi connectivity index (χ4n) is 3.67. The first-order chi connectivity index (χ1) is 15.7. The highest BCUT2D eigenvalue weighted by atomic mass is 16.6. The predicted molar refractivity (Wildman–Crippen MR) is 127 cm³/mol. The minimum Gasteiger partial charge on any atom is -0.444 e. The smallest absolute Gasteiger partial charge is 0.410 e. The van der Waals surface area contributed by atoms with Gasteiger partial charge in [-0.25, -0.2) is 9.48 Å². The minimum absolute atomic E-state index is 0.0641. The first kappa shape index (κ1) is 24.9. The fraction of sp³-hybridized carbons (Fsp3) is 0.583. The molecule has 1 aromatic heterocycles. The highest BCUT2D eigenvalue weighted by Crippen LogP contribution is 2.29. The van der Waals surface area contributed by atoms with Crippen LogP contribution >= 0.6 is 0 Å². The van der Waals surface area contributed by atoms with Gasteiger partial charge in [-0.2, -0.15) is 5.10 Å². The van der Waals surface area contributed by atoms with Crippen molar-refractivity contribution >= 4 is 11.8 Å². The lowest BCUT2D eigenvalue weighted by atomic mass is 10.1. The molecule has 1 aromatic carbocycles. The SMILES string of the molecule is CN(CCN(C)C(=O)OC(C)(C)C)Cc1cn(C2CCCCO2)nc1-c1ccc(N=O)cc1. The normalized spacial score (nSPS) is 16.6. The maximum atomic E-state index is 12.2. The highest BCUT2D eigenvalue weighted by molar-refractivity contribution is 5.67. The van der Waals surface area contributed by atoms with Crippen LogP contribution < -0.4 is 0 Å². The Bertz CT molecular complexity index is 929. The van der Waals surface area contributed by atoms with Crippen LogP contribution in [-0.4, -0.2) is 65.1 Å². The standard InChI is InChI=1S/C24H35N5O4/c1-24(2,3)33-23(30)28(5)14-13-27(4)16-19-17-29(21-8-6-7-15-32-21)25-22(19)18-9-11-20(26-31)12-10-18/h9-12,17,21H,6-8,13-16H2,1-5H3. The first-order valence-corrected chi connectivity index (χ1v) is 11.4. The van der Waals surface area contributed by atoms with Gasteiger partial charge < -0.3 is 19.3 Å². The molecular formula is C24H35N5O4. The Hall–Kier alpha value is -2.78. The van der Waals surface area contributed by atoms with Gasteiger partial charge in [0.1, 0.15) is 17.5 Å². The molecule has 0 bridgehead atoms. The molecular weight excluding hydrogens is 422 g/mol. The molecule has 0 saturated carbocycles. The number of ether oxygens (including phenoxy) is 2. The number of rotatable bonds is 8. The zero-order valence-corrected chi connectivity index (χ0v) is 20.3. The number of hydrogen-bond donors (Lipinski definition) is 0. The van der Waals surface area contributed by atoms with Crippen molar-refractivity contribution in [2.24, 2.45) is 5.18 Å². The lowest BCUT2D eigenvalue weighted by Crippen LogP contribution is -2.38. The van der Waals surface area contributed by atoms with E-state index < -0.39 is 5.60 Å². The molecule has 9 heteroatoms. The second kappa shape index (κ2) is 10.9. The zero-order valence-electron chi connectivity index (χ0n) is 20.3. The van der Waals surface area contributed by atoms with Gasteiger partial charge in [-0.3, -0.25) is 0 Å². The molecule has 1 unspecified atom stereocenters. The number of nitrogens with zero attached hydrogens (tertiary/aromatic N) is 5. The summed E-state index contributed by atoms with van der Waals surface area (Å²) in [6.45, 7) is 8.19. The van der Waals surface area contributed by atoms with E-state index in [0.717, 1.165) is 42.7 Å². The van der Waals surface area contributed by atoms with Crippen LogP contribution in [0, 0.1) is 4.91 Å². The van der Waals surface area contributed by atoms with Crippen molar-refractivity contribution in [1.29, 1.82) is 0 Å². The summed E-state index contributed by atoms with van der Waals surface area (Å²) in [5, 5.41) is 7.83. The van der Waals surface area contributed by atoms with Gasteiger partial charge in [0.2, 0.25) is 0 Å². The van der Waals surface area contributed by atoms with Crippen molar-refractivity contribution in [3.8, 4) is 11.3 Å². The fourth-order valence-corrected chi connectivity index (χ4v) is 3.67. The molecule has 1 aliphatic rings. The van der Waals surface area contributed by atoms with Crippen LogP contribution in [0.2, 0.25) is 0 Å². The number of aromatic nitrogens is 2. The van der Waals surface area contributed by atoms with Gasteiger partial charge >= 0.3 is 6.09 Å². The van der Waals surface area contributed by atoms with Gasteiger partial charge in [0.15, 0.2) is 0 Å². The summed E-state index contributed by atoms with van der Waals surface area (Å²) >= 11 is 0. The number of hydrogen-bond acceptors (Lipinski definition) is 7. The topological polar surface area (TPSA) is 89.3 Å². The third-order valence-electron chi connectivity index (χ3n) is 5.47. The van der Waals surface area contributed by atoms with Gasteiger partial charge in [0.25, 0.3) is 0 Å². The number of carbonyl (C=O) groups is 1. The largest absolute Gasteiger partial charge is 0.444 e. The number of carbonyl (C=O) groups excluding carboxylic acids is 1. The average molecular weight is 458 g/mol. The predicted octanol–water partition coefficient (Wildman–Crippen LogP) is 4.95. The van der Waals surface area contributed by atoms with Crippen LogP contribution in [0.15, 0.2) is 35.6 Å². The van der Waals surface area contributed by atoms with E-state index >= 15 is 0 Å². The van der Waals surface area contributed by atoms with Crippen LogP contribution in [0.5, 0.6) is 0 Å². The Morgan fingerprint density at radius 1 is 1.21 bits per heavy atom. The van der Waals surface area contributed by atoms with Crippen LogP contribution in [0.1, 0.15) is 51.8 Å². The van der Waals surface area contributed by atoms with Crippen molar-refractivity contribution < 1.29 is 14.3 Å². The second-order valence-electron chi connectivity index (χ2n) is 9.58. The highest BCUT2D eigenvalue weighted by Gasteiger charge is 2.22. The number of amides is 1. The van der Waals surface area contributed by atoms with Gasteiger partial charge in [-0.05, 0) is 64.4 Å². The summed E-state index contributed by atoms with van der Waals surface area (Å²) in [6.07, 6.45) is 4.78. The van der Waals surface area contributed by atoms with E-state index in [1.165, 1.54) is 0 Å². The lowest BCUT2D eigenvalue weighted by molar-refractivity contribution is -0.0394. The summed E-state index contributed by atoms with van der Waals surface area (Å²) in [7, 11) is 3.76. The second-order valence-corrected chi connectivity index (χ2v) is 9.58. The molecule has 2 heterocycles. The summed E-state index contributed by atoms with van der Waals surface area (Å²) in [6, 6.07) is 7.12. The van der Waals surface area contributed by atoms with Crippen LogP contribution in [0.25, 0.3) is 11.3 Å². The van der Waals surface area contributed by atoms with Crippen LogP contribution in [0.4, 0.5) is 10.5 Å². The van der Waals surface area contributed by atoms with E-state index in [-0.39, 0.29) is 12.3 Å². The third-order valence-corrected chi connectivity index (χ3v) is 5.47. The van der Waals surface area contributed by atoms with Gasteiger partial charge in [0, 0.05) is 50.6 Å². The Balaban J connectivity index is 1.72. The van der Waals surface area contributed by atoms with Crippen molar-refractivity contribution in [1.82, 2.24) is 19.6 Å². The number of likely N-dealkylation sites (N-methyl/N-ethyl adjacent to an activating group) is 2. The third kappa shape index (κ3) is 7.10. The van der Waals surface area contributed by atoms with Gasteiger partial charge in [0.05, 0.1) is 5.69 Å². The Kier molecular flexibility index (Phi) is 8.20. The first-order valence-electron chi connectivity index (χ1n) is 11.4. The number of benzene rings is 1. The van der Waals surface area contributed by atoms with Gasteiger partial charge in [-0.15, -0.1) is 4.91 Å². The van der Waals surface area contributed by atoms with Gasteiger partial charge in [-0.1, -0.05) is 12.1 Å². The van der Waals surface area contributed by atoms with Crippen molar-refractivity contribution in [2.45, 2.75) is 58.4 Å². The summed E-state index contributed by atoms with van der Waals surface area (Å²) in [5.74, 6) is 0.